The average Bonchev–Trinajstić information content (AvgIpc) is 2.48. The van der Waals surface area contributed by atoms with E-state index in [0.717, 1.165) is 0 Å². The van der Waals surface area contributed by atoms with Crippen LogP contribution in [-0.4, -0.2) is 5.11 Å². The zero-order chi connectivity index (χ0) is 16.7. The van der Waals surface area contributed by atoms with Gasteiger partial charge in [0.15, 0.2) is 0 Å². The molecule has 0 heterocycles. The molecule has 0 amide bonds. The minimum absolute atomic E-state index is 0.322. The Labute approximate surface area is 136 Å². The summed E-state index contributed by atoms with van der Waals surface area (Å²) >= 11 is 0. The van der Waals surface area contributed by atoms with Crippen molar-refractivity contribution >= 4 is 0 Å². The van der Waals surface area contributed by atoms with Gasteiger partial charge in [-0.15, -0.1) is 0 Å². The zero-order valence-corrected chi connectivity index (χ0v) is 14.8. The summed E-state index contributed by atoms with van der Waals surface area (Å²) in [5, 5.41) is 8.63. The van der Waals surface area contributed by atoms with Crippen LogP contribution in [0, 0.1) is 0 Å². The smallest absolute Gasteiger partial charge is 0.115 e. The Morgan fingerprint density at radius 3 is 1.09 bits per heavy atom. The number of rotatable bonds is 3. The van der Waals surface area contributed by atoms with Crippen LogP contribution in [0.2, 0.25) is 0 Å². The van der Waals surface area contributed by atoms with E-state index in [-0.39, 0.29) is 0 Å². The van der Waals surface area contributed by atoms with Gasteiger partial charge in [0, 0.05) is 0 Å². The molecule has 0 aromatic heterocycles. The first-order valence-corrected chi connectivity index (χ1v) is 8.20. The van der Waals surface area contributed by atoms with Gasteiger partial charge >= 0.3 is 0 Å². The van der Waals surface area contributed by atoms with E-state index in [1.165, 1.54) is 16.7 Å². The highest BCUT2D eigenvalue weighted by molar-refractivity contribution is 5.35. The molecular formula is C21H30O. The summed E-state index contributed by atoms with van der Waals surface area (Å²) in [7, 11) is 0. The third kappa shape index (κ3) is 5.93. The highest BCUT2D eigenvalue weighted by Gasteiger charge is 2.08. The highest BCUT2D eigenvalue weighted by Crippen LogP contribution is 2.26. The van der Waals surface area contributed by atoms with E-state index in [4.69, 9.17) is 5.11 Å². The number of phenols is 1. The lowest BCUT2D eigenvalue weighted by Crippen LogP contribution is -1.98. The fourth-order valence-corrected chi connectivity index (χ4v) is 2.13. The molecule has 22 heavy (non-hydrogen) atoms. The maximum absolute atomic E-state index is 8.63. The van der Waals surface area contributed by atoms with E-state index >= 15 is 0 Å². The monoisotopic (exact) mass is 298 g/mol. The van der Waals surface area contributed by atoms with Gasteiger partial charge in [-0.05, 0) is 46.6 Å². The molecule has 0 saturated heterocycles. The van der Waals surface area contributed by atoms with Crippen LogP contribution in [0.1, 0.15) is 76.0 Å². The second-order valence-corrected chi connectivity index (χ2v) is 6.73. The molecule has 0 atom stereocenters. The van der Waals surface area contributed by atoms with E-state index in [1.807, 2.05) is 6.07 Å². The van der Waals surface area contributed by atoms with Crippen LogP contribution in [-0.2, 0) is 0 Å². The molecule has 1 heteroatoms. The fourth-order valence-electron chi connectivity index (χ4n) is 2.13. The SMILES string of the molecule is CC(C)c1cc(C(C)C)cc(C(C)C)c1.Oc1ccccc1. The lowest BCUT2D eigenvalue weighted by Gasteiger charge is -2.16. The molecule has 2 aromatic rings. The number of hydrogen-bond donors (Lipinski definition) is 1. The van der Waals surface area contributed by atoms with E-state index in [9.17, 15) is 0 Å². The molecule has 2 aromatic carbocycles. The van der Waals surface area contributed by atoms with Gasteiger partial charge in [-0.3, -0.25) is 0 Å². The van der Waals surface area contributed by atoms with E-state index < -0.39 is 0 Å². The number of phenolic OH excluding ortho intramolecular Hbond substituents is 1. The lowest BCUT2D eigenvalue weighted by molar-refractivity contribution is 0.475. The summed E-state index contributed by atoms with van der Waals surface area (Å²) in [4.78, 5) is 0. The maximum Gasteiger partial charge on any atom is 0.115 e. The third-order valence-corrected chi connectivity index (χ3v) is 3.76. The fraction of sp³-hybridized carbons (Fsp3) is 0.429. The van der Waals surface area contributed by atoms with Crippen LogP contribution in [0.5, 0.6) is 5.75 Å². The molecule has 0 fully saturated rings. The summed E-state index contributed by atoms with van der Waals surface area (Å²) in [6.45, 7) is 13.6. The summed E-state index contributed by atoms with van der Waals surface area (Å²) in [5.41, 5.74) is 4.43. The first kappa shape index (κ1) is 18.3. The van der Waals surface area contributed by atoms with Crippen molar-refractivity contribution in [3.63, 3.8) is 0 Å². The van der Waals surface area contributed by atoms with Gasteiger partial charge in [-0.2, -0.15) is 0 Å². The molecule has 0 saturated carbocycles. The Hall–Kier alpha value is -1.76. The molecule has 0 spiro atoms. The predicted molar refractivity (Wildman–Crippen MR) is 96.8 cm³/mol. The summed E-state index contributed by atoms with van der Waals surface area (Å²) < 4.78 is 0. The number of para-hydroxylation sites is 1. The number of benzene rings is 2. The molecule has 0 unspecified atom stereocenters. The largest absolute Gasteiger partial charge is 0.508 e. The normalized spacial score (nSPS) is 10.8. The second kappa shape index (κ2) is 8.63. The van der Waals surface area contributed by atoms with Gasteiger partial charge in [0.1, 0.15) is 5.75 Å². The van der Waals surface area contributed by atoms with Crippen molar-refractivity contribution in [3.8, 4) is 5.75 Å². The van der Waals surface area contributed by atoms with Gasteiger partial charge in [0.25, 0.3) is 0 Å². The van der Waals surface area contributed by atoms with Gasteiger partial charge < -0.3 is 5.11 Å². The van der Waals surface area contributed by atoms with Crippen LogP contribution in [0.4, 0.5) is 0 Å². The Bertz CT molecular complexity index is 489. The van der Waals surface area contributed by atoms with Crippen LogP contribution in [0.15, 0.2) is 48.5 Å². The van der Waals surface area contributed by atoms with E-state index in [1.54, 1.807) is 24.3 Å². The molecular weight excluding hydrogens is 268 g/mol. The molecule has 1 N–H and O–H groups in total. The Morgan fingerprint density at radius 2 is 0.909 bits per heavy atom. The molecule has 2 rings (SSSR count). The molecule has 0 aliphatic heterocycles. The van der Waals surface area contributed by atoms with Crippen molar-refractivity contribution in [2.75, 3.05) is 0 Å². The van der Waals surface area contributed by atoms with Crippen molar-refractivity contribution in [2.24, 2.45) is 0 Å². The quantitative estimate of drug-likeness (QED) is 0.690. The van der Waals surface area contributed by atoms with Crippen LogP contribution in [0.25, 0.3) is 0 Å². The van der Waals surface area contributed by atoms with Crippen molar-refractivity contribution in [1.82, 2.24) is 0 Å². The average molecular weight is 298 g/mol. The van der Waals surface area contributed by atoms with Crippen LogP contribution in [0.3, 0.4) is 0 Å². The minimum Gasteiger partial charge on any atom is -0.508 e. The molecule has 0 radical (unpaired) electrons. The van der Waals surface area contributed by atoms with Crippen molar-refractivity contribution in [3.05, 3.63) is 65.2 Å². The van der Waals surface area contributed by atoms with Crippen LogP contribution < -0.4 is 0 Å². The van der Waals surface area contributed by atoms with Crippen LogP contribution >= 0.6 is 0 Å². The molecule has 0 aliphatic carbocycles. The summed E-state index contributed by atoms with van der Waals surface area (Å²) in [6.07, 6.45) is 0. The zero-order valence-electron chi connectivity index (χ0n) is 14.8. The minimum atomic E-state index is 0.322. The molecule has 1 nitrogen and oxygen atoms in total. The van der Waals surface area contributed by atoms with Gasteiger partial charge in [0.05, 0.1) is 0 Å². The van der Waals surface area contributed by atoms with Gasteiger partial charge in [-0.25, -0.2) is 0 Å². The Balaban J connectivity index is 0.000000287. The molecule has 0 aliphatic rings. The summed E-state index contributed by atoms with van der Waals surface area (Å²) in [6, 6.07) is 15.8. The van der Waals surface area contributed by atoms with Crippen molar-refractivity contribution in [1.29, 1.82) is 0 Å². The topological polar surface area (TPSA) is 20.2 Å². The standard InChI is InChI=1S/C15H24.C6H6O/c1-10(2)13-7-14(11(3)4)9-15(8-13)12(5)6;7-6-4-2-1-3-5-6/h7-12H,1-6H3;1-5,7H. The Kier molecular flexibility index (Phi) is 7.17. The summed E-state index contributed by atoms with van der Waals surface area (Å²) in [5.74, 6) is 2.20. The third-order valence-electron chi connectivity index (χ3n) is 3.76. The number of aromatic hydroxyl groups is 1. The van der Waals surface area contributed by atoms with Gasteiger partial charge in [-0.1, -0.05) is 77.9 Å². The first-order chi connectivity index (χ1) is 10.3. The molecule has 120 valence electrons. The lowest BCUT2D eigenvalue weighted by atomic mass is 9.90. The second-order valence-electron chi connectivity index (χ2n) is 6.73. The maximum atomic E-state index is 8.63. The highest BCUT2D eigenvalue weighted by atomic mass is 16.3. The number of hydrogen-bond acceptors (Lipinski definition) is 1. The predicted octanol–water partition coefficient (Wildman–Crippen LogP) is 6.45. The molecule has 0 bridgehead atoms. The van der Waals surface area contributed by atoms with Gasteiger partial charge in [0.2, 0.25) is 0 Å². The van der Waals surface area contributed by atoms with Crippen molar-refractivity contribution in [2.45, 2.75) is 59.3 Å². The first-order valence-electron chi connectivity index (χ1n) is 8.20. The van der Waals surface area contributed by atoms with Crippen molar-refractivity contribution < 1.29 is 5.11 Å². The Morgan fingerprint density at radius 1 is 0.591 bits per heavy atom. The van der Waals surface area contributed by atoms with E-state index in [0.29, 0.717) is 23.5 Å². The van der Waals surface area contributed by atoms with E-state index in [2.05, 4.69) is 59.7 Å².